The highest BCUT2D eigenvalue weighted by Crippen LogP contribution is 2.26. The molecule has 1 aliphatic rings. The van der Waals surface area contributed by atoms with Crippen LogP contribution < -0.4 is 11.1 Å². The number of halogens is 1. The first-order valence-corrected chi connectivity index (χ1v) is 10.00. The number of amides is 1. The minimum atomic E-state index is -3.16. The summed E-state index contributed by atoms with van der Waals surface area (Å²) >= 11 is 0. The molecule has 0 spiro atoms. The maximum Gasteiger partial charge on any atom is 0.243 e. The van der Waals surface area contributed by atoms with E-state index in [1.807, 2.05) is 0 Å². The Labute approximate surface area is 155 Å². The van der Waals surface area contributed by atoms with Crippen molar-refractivity contribution in [3.63, 3.8) is 0 Å². The number of carbonyl (C=O) groups is 1. The smallest absolute Gasteiger partial charge is 0.243 e. The lowest BCUT2D eigenvalue weighted by Crippen LogP contribution is -2.39. The number of carbonyl (C=O) groups excluding carboxylic acids is 1. The lowest BCUT2D eigenvalue weighted by atomic mass is 10.0. The molecule has 142 valence electrons. The molecule has 1 unspecified atom stereocenters. The van der Waals surface area contributed by atoms with Gasteiger partial charge in [-0.3, -0.25) is 4.79 Å². The van der Waals surface area contributed by atoms with Crippen LogP contribution in [-0.4, -0.2) is 39.3 Å². The van der Waals surface area contributed by atoms with Crippen molar-refractivity contribution in [2.75, 3.05) is 19.0 Å². The zero-order valence-corrected chi connectivity index (χ0v) is 16.1. The fraction of sp³-hybridized carbons (Fsp3) is 0.588. The van der Waals surface area contributed by atoms with Gasteiger partial charge in [0.25, 0.3) is 0 Å². The normalized spacial score (nSPS) is 16.7. The van der Waals surface area contributed by atoms with Crippen molar-refractivity contribution in [1.29, 1.82) is 0 Å². The van der Waals surface area contributed by atoms with Crippen LogP contribution in [0, 0.1) is 0 Å². The van der Waals surface area contributed by atoms with Gasteiger partial charge in [-0.1, -0.05) is 31.4 Å². The van der Waals surface area contributed by atoms with Crippen molar-refractivity contribution in [3.05, 3.63) is 29.8 Å². The highest BCUT2D eigenvalue weighted by molar-refractivity contribution is 7.91. The second-order valence-corrected chi connectivity index (χ2v) is 8.60. The molecule has 1 fully saturated rings. The average molecular weight is 391 g/mol. The molecule has 0 bridgehead atoms. The molecule has 0 aliphatic heterocycles. The van der Waals surface area contributed by atoms with E-state index in [2.05, 4.69) is 5.32 Å². The number of rotatable bonds is 7. The van der Waals surface area contributed by atoms with E-state index in [1.165, 1.54) is 7.11 Å². The molecule has 0 radical (unpaired) electrons. The second-order valence-electron chi connectivity index (χ2n) is 6.32. The fourth-order valence-corrected chi connectivity index (χ4v) is 4.93. The van der Waals surface area contributed by atoms with Crippen LogP contribution in [0.1, 0.15) is 37.7 Å². The minimum Gasteiger partial charge on any atom is -0.383 e. The van der Waals surface area contributed by atoms with Crippen LogP contribution in [0.5, 0.6) is 0 Å². The molecule has 2 rings (SSSR count). The average Bonchev–Trinajstić information content (AvgIpc) is 2.56. The quantitative estimate of drug-likeness (QED) is 0.744. The molecule has 1 aromatic carbocycles. The lowest BCUT2D eigenvalue weighted by molar-refractivity contribution is -0.118. The van der Waals surface area contributed by atoms with Crippen LogP contribution in [0.25, 0.3) is 0 Å². The van der Waals surface area contributed by atoms with Gasteiger partial charge in [-0.15, -0.1) is 12.4 Å². The molecular formula is C17H27ClN2O4S. The molecule has 1 amide bonds. The molecule has 1 atom stereocenters. The largest absolute Gasteiger partial charge is 0.383 e. The summed E-state index contributed by atoms with van der Waals surface area (Å²) < 4.78 is 30.0. The molecule has 0 saturated heterocycles. The van der Waals surface area contributed by atoms with Crippen LogP contribution >= 0.6 is 12.4 Å². The number of hydrogen-bond acceptors (Lipinski definition) is 5. The summed E-state index contributed by atoms with van der Waals surface area (Å²) in [7, 11) is -1.69. The van der Waals surface area contributed by atoms with Crippen molar-refractivity contribution in [2.24, 2.45) is 5.73 Å². The molecule has 1 aliphatic carbocycles. The van der Waals surface area contributed by atoms with E-state index in [0.29, 0.717) is 11.3 Å². The van der Waals surface area contributed by atoms with Gasteiger partial charge in [0.15, 0.2) is 9.84 Å². The van der Waals surface area contributed by atoms with Gasteiger partial charge >= 0.3 is 0 Å². The maximum absolute atomic E-state index is 12.6. The van der Waals surface area contributed by atoms with Crippen molar-refractivity contribution in [2.45, 2.75) is 49.1 Å². The van der Waals surface area contributed by atoms with Gasteiger partial charge in [0, 0.05) is 12.8 Å². The van der Waals surface area contributed by atoms with Crippen LogP contribution in [0.15, 0.2) is 24.3 Å². The number of nitrogens with two attached hydrogens (primary N) is 1. The van der Waals surface area contributed by atoms with E-state index in [-0.39, 0.29) is 35.9 Å². The van der Waals surface area contributed by atoms with Gasteiger partial charge in [0.1, 0.15) is 6.04 Å². The number of methoxy groups -OCH3 is 1. The summed E-state index contributed by atoms with van der Waals surface area (Å²) in [6.07, 6.45) is 4.60. The van der Waals surface area contributed by atoms with Crippen LogP contribution in [0.3, 0.4) is 0 Å². The van der Waals surface area contributed by atoms with Gasteiger partial charge in [0.2, 0.25) is 5.91 Å². The molecule has 0 aromatic heterocycles. The number of ether oxygens (including phenoxy) is 1. The topological polar surface area (TPSA) is 98.5 Å². The Kier molecular flexibility index (Phi) is 8.85. The predicted molar refractivity (Wildman–Crippen MR) is 102 cm³/mol. The molecule has 1 saturated carbocycles. The zero-order valence-electron chi connectivity index (χ0n) is 14.4. The van der Waals surface area contributed by atoms with E-state index in [1.54, 1.807) is 24.3 Å². The molecule has 6 nitrogen and oxygen atoms in total. The van der Waals surface area contributed by atoms with Gasteiger partial charge in [-0.2, -0.15) is 0 Å². The summed E-state index contributed by atoms with van der Waals surface area (Å²) in [5.74, 6) is -0.352. The molecule has 0 heterocycles. The zero-order chi connectivity index (χ0) is 17.6. The standard InChI is InChI=1S/C17H26N2O4S.ClH/c1-23-11-16(18)17(20)19-14-7-5-6-13(10-14)12-24(21,22)15-8-3-2-4-9-15;/h5-7,10,15-16H,2-4,8-9,11-12,18H2,1H3,(H,19,20);1H. The maximum atomic E-state index is 12.6. The molecule has 3 N–H and O–H groups in total. The Hall–Kier alpha value is -1.15. The highest BCUT2D eigenvalue weighted by atomic mass is 35.5. The van der Waals surface area contributed by atoms with Gasteiger partial charge < -0.3 is 15.8 Å². The lowest BCUT2D eigenvalue weighted by Gasteiger charge is -2.21. The first kappa shape index (κ1) is 21.9. The third kappa shape index (κ3) is 6.58. The predicted octanol–water partition coefficient (Wildman–Crippen LogP) is 2.27. The van der Waals surface area contributed by atoms with E-state index in [9.17, 15) is 13.2 Å². The second kappa shape index (κ2) is 10.1. The first-order chi connectivity index (χ1) is 11.4. The highest BCUT2D eigenvalue weighted by Gasteiger charge is 2.27. The molecule has 8 heteroatoms. The van der Waals surface area contributed by atoms with Crippen molar-refractivity contribution in [1.82, 2.24) is 0 Å². The van der Waals surface area contributed by atoms with Crippen molar-refractivity contribution in [3.8, 4) is 0 Å². The number of nitrogens with one attached hydrogen (secondary N) is 1. The van der Waals surface area contributed by atoms with E-state index >= 15 is 0 Å². The van der Waals surface area contributed by atoms with Crippen LogP contribution in [0.4, 0.5) is 5.69 Å². The molecular weight excluding hydrogens is 364 g/mol. The number of hydrogen-bond donors (Lipinski definition) is 2. The van der Waals surface area contributed by atoms with E-state index < -0.39 is 15.9 Å². The fourth-order valence-electron chi connectivity index (χ4n) is 3.00. The number of benzene rings is 1. The Morgan fingerprint density at radius 2 is 2.00 bits per heavy atom. The third-order valence-electron chi connectivity index (χ3n) is 4.31. The Balaban J connectivity index is 0.00000312. The third-order valence-corrected chi connectivity index (χ3v) is 6.53. The first-order valence-electron chi connectivity index (χ1n) is 8.28. The van der Waals surface area contributed by atoms with Crippen molar-refractivity contribution >= 4 is 33.8 Å². The van der Waals surface area contributed by atoms with Gasteiger partial charge in [-0.25, -0.2) is 8.42 Å². The number of sulfone groups is 1. The van der Waals surface area contributed by atoms with Crippen molar-refractivity contribution < 1.29 is 17.9 Å². The SMILES string of the molecule is COCC(N)C(=O)Nc1cccc(CS(=O)(=O)C2CCCCC2)c1.Cl. The summed E-state index contributed by atoms with van der Waals surface area (Å²) in [5, 5.41) is 2.46. The summed E-state index contributed by atoms with van der Waals surface area (Å²) in [6.45, 7) is 0.127. The Morgan fingerprint density at radius 1 is 1.32 bits per heavy atom. The Bertz CT molecular complexity index is 660. The summed E-state index contributed by atoms with van der Waals surface area (Å²) in [6, 6.07) is 6.16. The summed E-state index contributed by atoms with van der Waals surface area (Å²) in [4.78, 5) is 11.9. The summed E-state index contributed by atoms with van der Waals surface area (Å²) in [5.41, 5.74) is 6.90. The van der Waals surface area contributed by atoms with Gasteiger partial charge in [0.05, 0.1) is 17.6 Å². The monoisotopic (exact) mass is 390 g/mol. The van der Waals surface area contributed by atoms with E-state index in [4.69, 9.17) is 10.5 Å². The van der Waals surface area contributed by atoms with E-state index in [0.717, 1.165) is 32.1 Å². The molecule has 1 aromatic rings. The van der Waals surface area contributed by atoms with Gasteiger partial charge in [-0.05, 0) is 30.5 Å². The Morgan fingerprint density at radius 3 is 2.64 bits per heavy atom. The van der Waals surface area contributed by atoms with Crippen LogP contribution in [-0.2, 0) is 25.1 Å². The molecule has 25 heavy (non-hydrogen) atoms. The number of anilines is 1. The van der Waals surface area contributed by atoms with Crippen LogP contribution in [0.2, 0.25) is 0 Å². The minimum absolute atomic E-state index is 0.